The Morgan fingerprint density at radius 2 is 1.90 bits per heavy atom. The summed E-state index contributed by atoms with van der Waals surface area (Å²) in [6.07, 6.45) is 2.36. The van der Waals surface area contributed by atoms with E-state index in [0.717, 1.165) is 36.7 Å². The average molecular weight is 414 g/mol. The van der Waals surface area contributed by atoms with Crippen LogP contribution in [-0.4, -0.2) is 62.4 Å². The van der Waals surface area contributed by atoms with Crippen LogP contribution in [0.4, 0.5) is 5.82 Å². The van der Waals surface area contributed by atoms with Crippen LogP contribution in [0.5, 0.6) is 0 Å². The molecule has 0 aromatic carbocycles. The molecule has 1 aromatic heterocycles. The number of nitrogens with two attached hydrogens (primary N) is 1. The number of ether oxygens (including phenoxy) is 2. The van der Waals surface area contributed by atoms with Crippen LogP contribution in [0.25, 0.3) is 0 Å². The van der Waals surface area contributed by atoms with Gasteiger partial charge in [0.1, 0.15) is 30.7 Å². The highest BCUT2D eigenvalue weighted by molar-refractivity contribution is 5.69. The van der Waals surface area contributed by atoms with Gasteiger partial charge in [0.15, 0.2) is 6.23 Å². The van der Waals surface area contributed by atoms with Crippen LogP contribution < -0.4 is 16.9 Å². The van der Waals surface area contributed by atoms with Crippen LogP contribution in [0.15, 0.2) is 17.1 Å². The number of nitrogens with one attached hydrogen (secondary N) is 1. The number of esters is 1. The lowest BCUT2D eigenvalue weighted by molar-refractivity contribution is -0.150. The van der Waals surface area contributed by atoms with Gasteiger partial charge in [-0.1, -0.05) is 25.7 Å². The van der Waals surface area contributed by atoms with E-state index in [9.17, 15) is 19.8 Å². The Balaban J connectivity index is 1.69. The number of carbonyl (C=O) groups is 1. The van der Waals surface area contributed by atoms with Crippen molar-refractivity contribution >= 4 is 11.8 Å². The van der Waals surface area contributed by atoms with Crippen LogP contribution in [0.3, 0.4) is 0 Å². The van der Waals surface area contributed by atoms with E-state index < -0.39 is 36.2 Å². The van der Waals surface area contributed by atoms with Crippen LogP contribution in [0, 0.1) is 0 Å². The molecule has 0 spiro atoms. The molecule has 0 bridgehead atoms. The molecule has 29 heavy (non-hydrogen) atoms. The maximum atomic E-state index is 11.9. The molecule has 164 valence electrons. The van der Waals surface area contributed by atoms with E-state index in [1.807, 2.05) is 0 Å². The Kier molecular flexibility index (Phi) is 9.48. The van der Waals surface area contributed by atoms with Crippen molar-refractivity contribution in [2.45, 2.75) is 69.5 Å². The number of hydrogen-bond acceptors (Lipinski definition) is 10. The summed E-state index contributed by atoms with van der Waals surface area (Å²) in [5.41, 5.74) is 6.83. The summed E-state index contributed by atoms with van der Waals surface area (Å²) in [5.74, 6) is -0.374. The number of nitrogens with zero attached hydrogens (tertiary/aromatic N) is 2. The lowest BCUT2D eigenvalue weighted by Crippen LogP contribution is -2.36. The molecule has 0 radical (unpaired) electrons. The Bertz CT molecular complexity index is 699. The molecule has 1 saturated heterocycles. The molecule has 0 amide bonds. The van der Waals surface area contributed by atoms with E-state index in [0.29, 0.717) is 13.0 Å². The topological polar surface area (TPSA) is 169 Å². The molecule has 0 saturated carbocycles. The zero-order valence-electron chi connectivity index (χ0n) is 16.3. The monoisotopic (exact) mass is 414 g/mol. The number of aliphatic hydroxyl groups is 2. The number of aromatic nitrogens is 2. The normalized spacial score (nSPS) is 24.0. The van der Waals surface area contributed by atoms with Crippen molar-refractivity contribution in [1.82, 2.24) is 15.0 Å². The summed E-state index contributed by atoms with van der Waals surface area (Å²) >= 11 is 0. The number of unbranched alkanes of at least 4 members (excludes halogenated alkanes) is 5. The van der Waals surface area contributed by atoms with E-state index in [1.54, 1.807) is 0 Å². The Hall–Kier alpha value is -2.05. The largest absolute Gasteiger partial charge is 0.463 e. The lowest BCUT2D eigenvalue weighted by Gasteiger charge is -2.16. The number of rotatable bonds is 12. The van der Waals surface area contributed by atoms with Crippen molar-refractivity contribution in [3.05, 3.63) is 22.7 Å². The molecular weight excluding hydrogens is 384 g/mol. The summed E-state index contributed by atoms with van der Waals surface area (Å²) in [5, 5.41) is 28.8. The molecule has 6 N–H and O–H groups in total. The first-order valence-corrected chi connectivity index (χ1v) is 9.83. The second kappa shape index (κ2) is 11.8. The van der Waals surface area contributed by atoms with E-state index in [-0.39, 0.29) is 18.8 Å². The van der Waals surface area contributed by atoms with Gasteiger partial charge in [-0.2, -0.15) is 4.98 Å². The van der Waals surface area contributed by atoms with Crippen molar-refractivity contribution < 1.29 is 29.7 Å². The second-order valence-corrected chi connectivity index (χ2v) is 7.05. The molecule has 1 aliphatic heterocycles. The smallest absolute Gasteiger partial charge is 0.351 e. The van der Waals surface area contributed by atoms with Crippen LogP contribution in [0.2, 0.25) is 0 Å². The number of nitrogen functional groups attached to an aromatic ring is 1. The molecule has 1 aromatic rings. The maximum Gasteiger partial charge on any atom is 0.351 e. The number of anilines is 1. The van der Waals surface area contributed by atoms with Crippen molar-refractivity contribution in [2.75, 3.05) is 18.9 Å². The minimum Gasteiger partial charge on any atom is -0.463 e. The highest BCUT2D eigenvalue weighted by Gasteiger charge is 2.44. The molecule has 4 atom stereocenters. The van der Waals surface area contributed by atoms with Crippen LogP contribution in [0.1, 0.15) is 51.2 Å². The second-order valence-electron chi connectivity index (χ2n) is 7.05. The Morgan fingerprint density at radius 3 is 2.59 bits per heavy atom. The fourth-order valence-electron chi connectivity index (χ4n) is 3.14. The van der Waals surface area contributed by atoms with Gasteiger partial charge in [0.25, 0.3) is 0 Å². The van der Waals surface area contributed by atoms with Crippen LogP contribution >= 0.6 is 0 Å². The predicted octanol–water partition coefficient (Wildman–Crippen LogP) is -0.303. The van der Waals surface area contributed by atoms with Crippen molar-refractivity contribution in [3.63, 3.8) is 0 Å². The van der Waals surface area contributed by atoms with Gasteiger partial charge in [-0.3, -0.25) is 9.36 Å². The van der Waals surface area contributed by atoms with Crippen molar-refractivity contribution in [2.24, 2.45) is 0 Å². The predicted molar refractivity (Wildman–Crippen MR) is 102 cm³/mol. The number of aliphatic hydroxyl groups excluding tert-OH is 2. The highest BCUT2D eigenvalue weighted by atomic mass is 16.6. The standard InChI is InChI=1S/C18H30N4O7/c19-13-8-10-22(18(26)21-13)17-16(25)15(24)12(29-17)11-28-14(23)7-5-3-1-2-4-6-9-20-27/h8,10,12,15-17,20,24-25,27H,1-7,9,11H2,(H2,19,21,26). The highest BCUT2D eigenvalue weighted by Crippen LogP contribution is 2.28. The minimum absolute atomic E-state index is 0.0342. The third-order valence-corrected chi connectivity index (χ3v) is 4.79. The first-order valence-electron chi connectivity index (χ1n) is 9.83. The summed E-state index contributed by atoms with van der Waals surface area (Å²) < 4.78 is 11.7. The van der Waals surface area contributed by atoms with E-state index in [1.165, 1.54) is 12.3 Å². The Morgan fingerprint density at radius 1 is 1.21 bits per heavy atom. The molecular formula is C18H30N4O7. The summed E-state index contributed by atoms with van der Waals surface area (Å²) in [6, 6.07) is 1.38. The lowest BCUT2D eigenvalue weighted by atomic mass is 10.1. The third kappa shape index (κ3) is 7.05. The van der Waals surface area contributed by atoms with E-state index >= 15 is 0 Å². The number of hydrogen-bond donors (Lipinski definition) is 5. The number of carbonyl (C=O) groups excluding carboxylic acids is 1. The SMILES string of the molecule is Nc1ccn(C2OC(COC(=O)CCCCCCCCNO)C(O)C2O)c(=O)n1. The summed E-state index contributed by atoms with van der Waals surface area (Å²) in [4.78, 5) is 27.3. The minimum atomic E-state index is -1.37. The molecule has 2 rings (SSSR count). The molecule has 11 nitrogen and oxygen atoms in total. The van der Waals surface area contributed by atoms with Gasteiger partial charge < -0.3 is 30.6 Å². The quantitative estimate of drug-likeness (QED) is 0.174. The number of hydroxylamine groups is 1. The molecule has 1 fully saturated rings. The fourth-order valence-corrected chi connectivity index (χ4v) is 3.14. The first-order chi connectivity index (χ1) is 13.9. The summed E-state index contributed by atoms with van der Waals surface area (Å²) in [6.45, 7) is 0.360. The van der Waals surface area contributed by atoms with E-state index in [2.05, 4.69) is 10.5 Å². The first kappa shape index (κ1) is 23.2. The van der Waals surface area contributed by atoms with Crippen LogP contribution in [-0.2, 0) is 14.3 Å². The third-order valence-electron chi connectivity index (χ3n) is 4.79. The molecule has 11 heteroatoms. The van der Waals surface area contributed by atoms with Gasteiger partial charge in [-0.15, -0.1) is 0 Å². The van der Waals surface area contributed by atoms with Gasteiger partial charge in [-0.25, -0.2) is 10.3 Å². The molecule has 1 aliphatic rings. The molecule has 4 unspecified atom stereocenters. The molecule has 0 aliphatic carbocycles. The van der Waals surface area contributed by atoms with Crippen molar-refractivity contribution in [1.29, 1.82) is 0 Å². The van der Waals surface area contributed by atoms with E-state index in [4.69, 9.17) is 20.4 Å². The van der Waals surface area contributed by atoms with Gasteiger partial charge >= 0.3 is 11.7 Å². The van der Waals surface area contributed by atoms with Gasteiger partial charge in [0.2, 0.25) is 0 Å². The zero-order valence-corrected chi connectivity index (χ0v) is 16.3. The van der Waals surface area contributed by atoms with Crippen molar-refractivity contribution in [3.8, 4) is 0 Å². The van der Waals surface area contributed by atoms with Gasteiger partial charge in [-0.05, 0) is 18.9 Å². The maximum absolute atomic E-state index is 11.9. The van der Waals surface area contributed by atoms with Gasteiger partial charge in [0.05, 0.1) is 0 Å². The zero-order chi connectivity index (χ0) is 21.2. The Labute approximate surface area is 168 Å². The fraction of sp³-hybridized carbons (Fsp3) is 0.722. The summed E-state index contributed by atoms with van der Waals surface area (Å²) in [7, 11) is 0. The van der Waals surface area contributed by atoms with Gasteiger partial charge in [0, 0.05) is 19.2 Å². The molecule has 2 heterocycles. The average Bonchev–Trinajstić information content (AvgIpc) is 2.97.